The predicted molar refractivity (Wildman–Crippen MR) is 34.0 cm³/mol. The standard InChI is InChI=1S/C3H10B2O2/c4-3(5,1-6)2-7/h6-7H,1-2,4-5H2. The minimum atomic E-state index is -0.306. The maximum atomic E-state index is 8.43. The third kappa shape index (κ3) is 2.71. The summed E-state index contributed by atoms with van der Waals surface area (Å²) in [6.45, 7) is 0.0903. The van der Waals surface area contributed by atoms with E-state index in [9.17, 15) is 0 Å². The molecule has 0 saturated heterocycles. The lowest BCUT2D eigenvalue weighted by molar-refractivity contribution is 0.204. The highest BCUT2D eigenvalue weighted by Gasteiger charge is 2.13. The van der Waals surface area contributed by atoms with Gasteiger partial charge in [-0.3, -0.25) is 0 Å². The molecule has 4 heteroatoms. The van der Waals surface area contributed by atoms with Crippen molar-refractivity contribution >= 4 is 15.7 Å². The van der Waals surface area contributed by atoms with Crippen molar-refractivity contribution in [2.45, 2.75) is 5.21 Å². The third-order valence-electron chi connectivity index (χ3n) is 0.856. The molecule has 0 spiro atoms. The molecule has 7 heavy (non-hydrogen) atoms. The largest absolute Gasteiger partial charge is 0.397 e. The van der Waals surface area contributed by atoms with Gasteiger partial charge in [0.05, 0.1) is 0 Å². The lowest BCUT2D eigenvalue weighted by Crippen LogP contribution is -2.21. The van der Waals surface area contributed by atoms with E-state index in [1.807, 2.05) is 0 Å². The van der Waals surface area contributed by atoms with Crippen LogP contribution in [0.25, 0.3) is 0 Å². The molecule has 0 rings (SSSR count). The second-order valence-corrected chi connectivity index (χ2v) is 2.48. The van der Waals surface area contributed by atoms with Crippen LogP contribution in [0.15, 0.2) is 0 Å². The second-order valence-electron chi connectivity index (χ2n) is 2.48. The summed E-state index contributed by atoms with van der Waals surface area (Å²) in [6.07, 6.45) is 0. The molecule has 0 aromatic carbocycles. The molecule has 0 bridgehead atoms. The summed E-state index contributed by atoms with van der Waals surface area (Å²) >= 11 is 0. The zero-order chi connectivity index (χ0) is 5.91. The Hall–Kier alpha value is 0.0499. The zero-order valence-electron chi connectivity index (χ0n) is 4.81. The maximum Gasteiger partial charge on any atom is 0.105 e. The molecule has 0 unspecified atom stereocenters. The third-order valence-corrected chi connectivity index (χ3v) is 0.856. The van der Waals surface area contributed by atoms with E-state index in [-0.39, 0.29) is 18.4 Å². The first-order valence-electron chi connectivity index (χ1n) is 2.34. The summed E-state index contributed by atoms with van der Waals surface area (Å²) in [5.41, 5.74) is 0. The number of aliphatic hydroxyl groups excluding tert-OH is 2. The monoisotopic (exact) mass is 100 g/mol. The van der Waals surface area contributed by atoms with Crippen LogP contribution in [-0.4, -0.2) is 39.1 Å². The fourth-order valence-corrected chi connectivity index (χ4v) is 0.0500. The van der Waals surface area contributed by atoms with Crippen molar-refractivity contribution in [3.8, 4) is 0 Å². The average Bonchev–Trinajstić information content (AvgIpc) is 1.68. The first kappa shape index (κ1) is 7.05. The van der Waals surface area contributed by atoms with Gasteiger partial charge in [-0.05, 0) is 5.21 Å². The van der Waals surface area contributed by atoms with Crippen LogP contribution < -0.4 is 0 Å². The van der Waals surface area contributed by atoms with Crippen LogP contribution in [-0.2, 0) is 0 Å². The van der Waals surface area contributed by atoms with Crippen molar-refractivity contribution in [2.24, 2.45) is 0 Å². The van der Waals surface area contributed by atoms with Crippen LogP contribution in [0.5, 0.6) is 0 Å². The maximum absolute atomic E-state index is 8.43. The van der Waals surface area contributed by atoms with Crippen molar-refractivity contribution in [2.75, 3.05) is 13.2 Å². The molecule has 0 aliphatic heterocycles. The van der Waals surface area contributed by atoms with Gasteiger partial charge in [-0.2, -0.15) is 0 Å². The van der Waals surface area contributed by atoms with Crippen LogP contribution in [0.4, 0.5) is 0 Å². The fraction of sp³-hybridized carbons (Fsp3) is 1.00. The van der Waals surface area contributed by atoms with Gasteiger partial charge in [0, 0.05) is 13.2 Å². The summed E-state index contributed by atoms with van der Waals surface area (Å²) in [6, 6.07) is 0. The Morgan fingerprint density at radius 3 is 1.43 bits per heavy atom. The number of hydrogen-bond acceptors (Lipinski definition) is 2. The van der Waals surface area contributed by atoms with Crippen LogP contribution >= 0.6 is 0 Å². The van der Waals surface area contributed by atoms with Crippen molar-refractivity contribution in [1.29, 1.82) is 0 Å². The summed E-state index contributed by atoms with van der Waals surface area (Å²) in [4.78, 5) is 0. The van der Waals surface area contributed by atoms with Crippen molar-refractivity contribution in [1.82, 2.24) is 0 Å². The van der Waals surface area contributed by atoms with E-state index in [1.165, 1.54) is 0 Å². The van der Waals surface area contributed by atoms with E-state index in [4.69, 9.17) is 10.2 Å². The Kier molecular flexibility index (Phi) is 2.40. The molecule has 0 aliphatic carbocycles. The van der Waals surface area contributed by atoms with E-state index in [2.05, 4.69) is 0 Å². The van der Waals surface area contributed by atoms with Gasteiger partial charge >= 0.3 is 0 Å². The minimum Gasteiger partial charge on any atom is -0.397 e. The molecule has 0 saturated carbocycles. The van der Waals surface area contributed by atoms with E-state index in [0.29, 0.717) is 0 Å². The van der Waals surface area contributed by atoms with Crippen molar-refractivity contribution in [3.63, 3.8) is 0 Å². The second kappa shape index (κ2) is 2.38. The SMILES string of the molecule is BC(B)(CO)CO. The molecule has 0 radical (unpaired) electrons. The highest BCUT2D eigenvalue weighted by molar-refractivity contribution is 6.40. The van der Waals surface area contributed by atoms with Crippen molar-refractivity contribution < 1.29 is 10.2 Å². The minimum absolute atomic E-state index is 0.0451. The number of rotatable bonds is 2. The van der Waals surface area contributed by atoms with E-state index < -0.39 is 0 Å². The molecule has 0 atom stereocenters. The molecule has 0 heterocycles. The first-order chi connectivity index (χ1) is 3.12. The lowest BCUT2D eigenvalue weighted by Gasteiger charge is -2.15. The number of aliphatic hydroxyl groups is 2. The Balaban J connectivity index is 3.36. The Morgan fingerprint density at radius 1 is 1.14 bits per heavy atom. The lowest BCUT2D eigenvalue weighted by atomic mass is 9.55. The molecular formula is C3H10B2O2. The quantitative estimate of drug-likeness (QED) is 0.372. The van der Waals surface area contributed by atoms with Crippen molar-refractivity contribution in [3.05, 3.63) is 0 Å². The predicted octanol–water partition coefficient (Wildman–Crippen LogP) is -2.65. The topological polar surface area (TPSA) is 40.5 Å². The van der Waals surface area contributed by atoms with Gasteiger partial charge in [-0.25, -0.2) is 0 Å². The Morgan fingerprint density at radius 2 is 1.43 bits per heavy atom. The van der Waals surface area contributed by atoms with Gasteiger partial charge in [0.15, 0.2) is 0 Å². The Bertz CT molecular complexity index is 48.9. The molecule has 40 valence electrons. The van der Waals surface area contributed by atoms with Gasteiger partial charge in [0.25, 0.3) is 0 Å². The molecule has 0 aromatic heterocycles. The average molecular weight is 99.7 g/mol. The summed E-state index contributed by atoms with van der Waals surface area (Å²) < 4.78 is 0. The molecule has 2 N–H and O–H groups in total. The molecule has 2 nitrogen and oxygen atoms in total. The van der Waals surface area contributed by atoms with E-state index in [1.54, 1.807) is 15.7 Å². The van der Waals surface area contributed by atoms with Gasteiger partial charge in [0.1, 0.15) is 15.7 Å². The van der Waals surface area contributed by atoms with E-state index >= 15 is 0 Å². The molecular weight excluding hydrogens is 89.7 g/mol. The van der Waals surface area contributed by atoms with Crippen LogP contribution in [0.3, 0.4) is 0 Å². The van der Waals surface area contributed by atoms with Gasteiger partial charge in [0.2, 0.25) is 0 Å². The molecule has 0 amide bonds. The summed E-state index contributed by atoms with van der Waals surface area (Å²) in [5.74, 6) is 0. The van der Waals surface area contributed by atoms with Crippen LogP contribution in [0.2, 0.25) is 5.21 Å². The Labute approximate surface area is 45.4 Å². The molecule has 0 aromatic rings. The number of hydrogen-bond donors (Lipinski definition) is 2. The highest BCUT2D eigenvalue weighted by atomic mass is 16.3. The molecule has 0 fully saturated rings. The fourth-order valence-electron chi connectivity index (χ4n) is 0.0500. The summed E-state index contributed by atoms with van der Waals surface area (Å²) in [7, 11) is 3.60. The van der Waals surface area contributed by atoms with Gasteiger partial charge < -0.3 is 10.2 Å². The van der Waals surface area contributed by atoms with Crippen LogP contribution in [0, 0.1) is 0 Å². The highest BCUT2D eigenvalue weighted by Crippen LogP contribution is 2.09. The zero-order valence-corrected chi connectivity index (χ0v) is 4.81. The van der Waals surface area contributed by atoms with Crippen LogP contribution in [0.1, 0.15) is 0 Å². The summed E-state index contributed by atoms with van der Waals surface area (Å²) in [5, 5.41) is 16.6. The van der Waals surface area contributed by atoms with Gasteiger partial charge in [-0.15, -0.1) is 0 Å². The normalized spacial score (nSPS) is 11.7. The smallest absolute Gasteiger partial charge is 0.105 e. The molecule has 0 aliphatic rings. The van der Waals surface area contributed by atoms with E-state index in [0.717, 1.165) is 0 Å². The van der Waals surface area contributed by atoms with Gasteiger partial charge in [-0.1, -0.05) is 0 Å². The first-order valence-corrected chi connectivity index (χ1v) is 2.34.